The summed E-state index contributed by atoms with van der Waals surface area (Å²) in [5.74, 6) is 0.0309. The summed E-state index contributed by atoms with van der Waals surface area (Å²) < 4.78 is 28.0. The van der Waals surface area contributed by atoms with Crippen LogP contribution in [0.2, 0.25) is 0 Å². The zero-order valence-electron chi connectivity index (χ0n) is 9.66. The van der Waals surface area contributed by atoms with E-state index in [1.807, 2.05) is 0 Å². The second-order valence-corrected chi connectivity index (χ2v) is 4.10. The number of carbonyl (C=O) groups is 1. The molecular weight excluding hydrogens is 242 g/mol. The predicted molar refractivity (Wildman–Crippen MR) is 62.7 cm³/mol. The van der Waals surface area contributed by atoms with Crippen LogP contribution in [-0.2, 0) is 4.79 Å². The van der Waals surface area contributed by atoms with Gasteiger partial charge in [0, 0.05) is 11.7 Å². The third kappa shape index (κ3) is 4.20. The highest BCUT2D eigenvalue weighted by atomic mass is 19.3. The lowest BCUT2D eigenvalue weighted by atomic mass is 10.3. The maximum atomic E-state index is 11.9. The van der Waals surface area contributed by atoms with E-state index in [0.29, 0.717) is 11.7 Å². The molecule has 0 spiro atoms. The second-order valence-electron chi connectivity index (χ2n) is 4.10. The van der Waals surface area contributed by atoms with Gasteiger partial charge in [-0.15, -0.1) is 0 Å². The molecular formula is C12H14F2N2O2. The molecule has 1 saturated carbocycles. The minimum Gasteiger partial charge on any atom is -0.435 e. The number of nitrogens with one attached hydrogen (secondary N) is 2. The van der Waals surface area contributed by atoms with Crippen molar-refractivity contribution in [1.82, 2.24) is 5.32 Å². The Hall–Kier alpha value is -1.85. The van der Waals surface area contributed by atoms with Gasteiger partial charge in [-0.1, -0.05) is 0 Å². The molecule has 0 saturated heterocycles. The molecule has 1 amide bonds. The summed E-state index contributed by atoms with van der Waals surface area (Å²) in [4.78, 5) is 11.4. The first-order valence-electron chi connectivity index (χ1n) is 5.71. The number of anilines is 1. The van der Waals surface area contributed by atoms with Gasteiger partial charge in [-0.2, -0.15) is 8.78 Å². The summed E-state index contributed by atoms with van der Waals surface area (Å²) in [6.07, 6.45) is 2.09. The molecule has 0 bridgehead atoms. The number of carbonyl (C=O) groups excluding carboxylic acids is 1. The van der Waals surface area contributed by atoms with Crippen LogP contribution in [0, 0.1) is 0 Å². The molecule has 1 aromatic carbocycles. The zero-order chi connectivity index (χ0) is 13.0. The van der Waals surface area contributed by atoms with E-state index in [0.717, 1.165) is 12.8 Å². The summed E-state index contributed by atoms with van der Waals surface area (Å²) in [7, 11) is 0. The Morgan fingerprint density at radius 1 is 1.33 bits per heavy atom. The number of halogens is 2. The molecule has 1 aromatic rings. The maximum absolute atomic E-state index is 11.9. The summed E-state index contributed by atoms with van der Waals surface area (Å²) in [6, 6.07) is 6.35. The van der Waals surface area contributed by atoms with Gasteiger partial charge in [-0.25, -0.2) is 0 Å². The van der Waals surface area contributed by atoms with Crippen LogP contribution in [0.5, 0.6) is 5.75 Å². The van der Waals surface area contributed by atoms with Crippen molar-refractivity contribution < 1.29 is 18.3 Å². The molecule has 1 aliphatic rings. The van der Waals surface area contributed by atoms with E-state index in [2.05, 4.69) is 15.4 Å². The highest BCUT2D eigenvalue weighted by molar-refractivity contribution is 5.81. The molecule has 0 aliphatic heterocycles. The molecule has 2 N–H and O–H groups in total. The normalized spacial score (nSPS) is 14.4. The number of rotatable bonds is 6. The molecule has 1 aliphatic carbocycles. The summed E-state index contributed by atoms with van der Waals surface area (Å²) in [5.41, 5.74) is 0.683. The molecule has 6 heteroatoms. The third-order valence-electron chi connectivity index (χ3n) is 2.48. The predicted octanol–water partition coefficient (Wildman–Crippen LogP) is 1.98. The summed E-state index contributed by atoms with van der Waals surface area (Å²) in [6.45, 7) is -2.65. The highest BCUT2D eigenvalue weighted by Gasteiger charge is 2.22. The molecule has 0 aromatic heterocycles. The van der Waals surface area contributed by atoms with Crippen LogP contribution in [0.3, 0.4) is 0 Å². The Labute approximate surface area is 103 Å². The van der Waals surface area contributed by atoms with E-state index in [9.17, 15) is 13.6 Å². The van der Waals surface area contributed by atoms with E-state index in [-0.39, 0.29) is 18.2 Å². The number of alkyl halides is 2. The zero-order valence-corrected chi connectivity index (χ0v) is 9.66. The lowest BCUT2D eigenvalue weighted by Crippen LogP contribution is -2.31. The number of amides is 1. The Morgan fingerprint density at radius 2 is 2.00 bits per heavy atom. The second kappa shape index (κ2) is 5.66. The van der Waals surface area contributed by atoms with Crippen LogP contribution in [0.15, 0.2) is 24.3 Å². The quantitative estimate of drug-likeness (QED) is 0.818. The Morgan fingerprint density at radius 3 is 2.56 bits per heavy atom. The lowest BCUT2D eigenvalue weighted by molar-refractivity contribution is -0.119. The molecule has 0 atom stereocenters. The van der Waals surface area contributed by atoms with Crippen molar-refractivity contribution >= 4 is 11.6 Å². The fourth-order valence-corrected chi connectivity index (χ4v) is 1.44. The van der Waals surface area contributed by atoms with Gasteiger partial charge >= 0.3 is 6.61 Å². The average Bonchev–Trinajstić information content (AvgIpc) is 3.11. The smallest absolute Gasteiger partial charge is 0.387 e. The van der Waals surface area contributed by atoms with Crippen molar-refractivity contribution in [3.63, 3.8) is 0 Å². The van der Waals surface area contributed by atoms with E-state index in [1.165, 1.54) is 12.1 Å². The molecule has 0 unspecified atom stereocenters. The van der Waals surface area contributed by atoms with Crippen molar-refractivity contribution in [2.75, 3.05) is 11.9 Å². The Kier molecular flexibility index (Phi) is 3.96. The molecule has 1 fully saturated rings. The van der Waals surface area contributed by atoms with Gasteiger partial charge in [-0.05, 0) is 37.1 Å². The van der Waals surface area contributed by atoms with Crippen molar-refractivity contribution in [2.24, 2.45) is 0 Å². The van der Waals surface area contributed by atoms with Crippen molar-refractivity contribution in [1.29, 1.82) is 0 Å². The SMILES string of the molecule is O=C(CNc1ccc(OC(F)F)cc1)NC1CC1. The van der Waals surface area contributed by atoms with Crippen LogP contribution in [-0.4, -0.2) is 25.1 Å². The van der Waals surface area contributed by atoms with E-state index in [1.54, 1.807) is 12.1 Å². The maximum Gasteiger partial charge on any atom is 0.387 e. The number of benzene rings is 1. The first-order valence-corrected chi connectivity index (χ1v) is 5.71. The van der Waals surface area contributed by atoms with Crippen molar-refractivity contribution in [3.05, 3.63) is 24.3 Å². The van der Waals surface area contributed by atoms with Crippen LogP contribution >= 0.6 is 0 Å². The van der Waals surface area contributed by atoms with Crippen LogP contribution in [0.4, 0.5) is 14.5 Å². The Balaban J connectivity index is 1.76. The molecule has 98 valence electrons. The van der Waals surface area contributed by atoms with E-state index < -0.39 is 6.61 Å². The van der Waals surface area contributed by atoms with Crippen LogP contribution in [0.25, 0.3) is 0 Å². The Bertz CT molecular complexity index is 405. The van der Waals surface area contributed by atoms with Gasteiger partial charge in [0.15, 0.2) is 0 Å². The van der Waals surface area contributed by atoms with E-state index in [4.69, 9.17) is 0 Å². The van der Waals surface area contributed by atoms with Gasteiger partial charge in [0.2, 0.25) is 5.91 Å². The lowest BCUT2D eigenvalue weighted by Gasteiger charge is -2.08. The number of ether oxygens (including phenoxy) is 1. The van der Waals surface area contributed by atoms with Gasteiger partial charge in [-0.3, -0.25) is 4.79 Å². The van der Waals surface area contributed by atoms with Gasteiger partial charge in [0.1, 0.15) is 5.75 Å². The molecule has 2 rings (SSSR count). The van der Waals surface area contributed by atoms with Gasteiger partial charge in [0.25, 0.3) is 0 Å². The number of hydrogen-bond donors (Lipinski definition) is 2. The first kappa shape index (κ1) is 12.6. The number of hydrogen-bond acceptors (Lipinski definition) is 3. The minimum absolute atomic E-state index is 0.0644. The fourth-order valence-electron chi connectivity index (χ4n) is 1.44. The topological polar surface area (TPSA) is 50.4 Å². The molecule has 0 radical (unpaired) electrons. The standard InChI is InChI=1S/C12H14F2N2O2/c13-12(14)18-10-5-3-8(4-6-10)15-7-11(17)16-9-1-2-9/h3-6,9,12,15H,1-2,7H2,(H,16,17). The van der Waals surface area contributed by atoms with Crippen LogP contribution < -0.4 is 15.4 Å². The third-order valence-corrected chi connectivity index (χ3v) is 2.48. The summed E-state index contributed by atoms with van der Waals surface area (Å²) in [5, 5.41) is 5.74. The van der Waals surface area contributed by atoms with Gasteiger partial charge < -0.3 is 15.4 Å². The summed E-state index contributed by atoms with van der Waals surface area (Å²) >= 11 is 0. The average molecular weight is 256 g/mol. The largest absolute Gasteiger partial charge is 0.435 e. The monoisotopic (exact) mass is 256 g/mol. The minimum atomic E-state index is -2.83. The van der Waals surface area contributed by atoms with Crippen molar-refractivity contribution in [2.45, 2.75) is 25.5 Å². The molecule has 4 nitrogen and oxygen atoms in total. The fraction of sp³-hybridized carbons (Fsp3) is 0.417. The molecule has 18 heavy (non-hydrogen) atoms. The molecule has 0 heterocycles. The van der Waals surface area contributed by atoms with Crippen LogP contribution in [0.1, 0.15) is 12.8 Å². The highest BCUT2D eigenvalue weighted by Crippen LogP contribution is 2.19. The van der Waals surface area contributed by atoms with E-state index >= 15 is 0 Å². The van der Waals surface area contributed by atoms with Gasteiger partial charge in [0.05, 0.1) is 6.54 Å². The van der Waals surface area contributed by atoms with Crippen molar-refractivity contribution in [3.8, 4) is 5.75 Å². The first-order chi connectivity index (χ1) is 8.63.